The number of hydrogen-bond acceptors (Lipinski definition) is 7. The Morgan fingerprint density at radius 2 is 1.81 bits per heavy atom. The van der Waals surface area contributed by atoms with Crippen LogP contribution in [0.3, 0.4) is 0 Å². The van der Waals surface area contributed by atoms with E-state index in [-0.39, 0.29) is 24.2 Å². The van der Waals surface area contributed by atoms with Gasteiger partial charge in [0.05, 0.1) is 11.8 Å². The number of H-pyrrole nitrogens is 1. The quantitative estimate of drug-likeness (QED) is 0.339. The fraction of sp³-hybridized carbons (Fsp3) is 0.304. The van der Waals surface area contributed by atoms with Crippen LogP contribution >= 0.6 is 0 Å². The van der Waals surface area contributed by atoms with E-state index in [1.807, 2.05) is 0 Å². The number of nitrogens with one attached hydrogen (secondary N) is 2. The molecular formula is C23H21F5N8O. The van der Waals surface area contributed by atoms with Gasteiger partial charge >= 0.3 is 6.18 Å². The predicted octanol–water partition coefficient (Wildman–Crippen LogP) is 4.18. The molecule has 1 aromatic carbocycles. The molecule has 0 saturated carbocycles. The number of hydrogen-bond donors (Lipinski definition) is 3. The highest BCUT2D eigenvalue weighted by atomic mass is 19.4. The summed E-state index contributed by atoms with van der Waals surface area (Å²) in [6, 6.07) is 7.53. The standard InChI is InChI=1S/C23H21F5N8O/c1-35-21(31-14-3-4-15(17(24)10-14)16-12-30-33-19(16)25)32-20(34-35)13-2-5-18(29-11-13)36-8-6-22(37,7-9-36)23(26,27)28/h2-5,10-12,37H,6-9H2,1H3,(H,30,33)(H,31,32,34). The van der Waals surface area contributed by atoms with Crippen LogP contribution in [-0.2, 0) is 7.05 Å². The van der Waals surface area contributed by atoms with Gasteiger partial charge in [-0.2, -0.15) is 27.6 Å². The average Bonchev–Trinajstić information content (AvgIpc) is 3.44. The fourth-order valence-electron chi connectivity index (χ4n) is 4.11. The summed E-state index contributed by atoms with van der Waals surface area (Å²) < 4.78 is 68.9. The van der Waals surface area contributed by atoms with Gasteiger partial charge < -0.3 is 15.3 Å². The Labute approximate surface area is 207 Å². The normalized spacial score (nSPS) is 15.7. The van der Waals surface area contributed by atoms with Gasteiger partial charge in [0.15, 0.2) is 11.4 Å². The van der Waals surface area contributed by atoms with E-state index in [4.69, 9.17) is 0 Å². The van der Waals surface area contributed by atoms with Crippen LogP contribution < -0.4 is 10.2 Å². The van der Waals surface area contributed by atoms with Gasteiger partial charge in [0.1, 0.15) is 11.6 Å². The van der Waals surface area contributed by atoms with Gasteiger partial charge in [0.25, 0.3) is 0 Å². The lowest BCUT2D eigenvalue weighted by Crippen LogP contribution is -2.53. The maximum absolute atomic E-state index is 14.6. The highest BCUT2D eigenvalue weighted by Gasteiger charge is 2.54. The van der Waals surface area contributed by atoms with Crippen molar-refractivity contribution < 1.29 is 27.1 Å². The first-order valence-electron chi connectivity index (χ1n) is 11.2. The number of piperidine rings is 1. The Balaban J connectivity index is 1.28. The summed E-state index contributed by atoms with van der Waals surface area (Å²) in [5, 5.41) is 22.8. The molecule has 0 bridgehead atoms. The van der Waals surface area contributed by atoms with Crippen molar-refractivity contribution in [3.63, 3.8) is 0 Å². The molecule has 0 unspecified atom stereocenters. The van der Waals surface area contributed by atoms with Crippen molar-refractivity contribution >= 4 is 17.5 Å². The number of aromatic nitrogens is 6. The average molecular weight is 520 g/mol. The maximum Gasteiger partial charge on any atom is 0.417 e. The molecular weight excluding hydrogens is 499 g/mol. The topological polar surface area (TPSA) is 108 Å². The minimum atomic E-state index is -4.67. The zero-order chi connectivity index (χ0) is 26.4. The van der Waals surface area contributed by atoms with Crippen molar-refractivity contribution in [3.8, 4) is 22.5 Å². The largest absolute Gasteiger partial charge is 0.417 e. The van der Waals surface area contributed by atoms with Gasteiger partial charge in [0.2, 0.25) is 11.9 Å². The van der Waals surface area contributed by atoms with Crippen LogP contribution in [0.25, 0.3) is 22.5 Å². The summed E-state index contributed by atoms with van der Waals surface area (Å²) in [7, 11) is 1.64. The number of aliphatic hydroxyl groups is 1. The van der Waals surface area contributed by atoms with E-state index in [0.717, 1.165) is 0 Å². The zero-order valence-electron chi connectivity index (χ0n) is 19.4. The molecule has 0 amide bonds. The molecule has 1 aliphatic rings. The smallest absolute Gasteiger partial charge is 0.380 e. The van der Waals surface area contributed by atoms with Crippen LogP contribution in [0, 0.1) is 11.8 Å². The maximum atomic E-state index is 14.6. The molecule has 0 aliphatic carbocycles. The Morgan fingerprint density at radius 3 is 2.41 bits per heavy atom. The number of aromatic amines is 1. The Morgan fingerprint density at radius 1 is 1.05 bits per heavy atom. The van der Waals surface area contributed by atoms with Crippen molar-refractivity contribution in [3.05, 3.63) is 54.5 Å². The molecule has 0 radical (unpaired) electrons. The summed E-state index contributed by atoms with van der Waals surface area (Å²) in [6.45, 7) is 0.0295. The number of halogens is 5. The van der Waals surface area contributed by atoms with Crippen molar-refractivity contribution in [2.45, 2.75) is 24.6 Å². The third-order valence-electron chi connectivity index (χ3n) is 6.32. The second-order valence-corrected chi connectivity index (χ2v) is 8.72. The van der Waals surface area contributed by atoms with Crippen molar-refractivity contribution in [1.82, 2.24) is 29.9 Å². The lowest BCUT2D eigenvalue weighted by Gasteiger charge is -2.39. The molecule has 9 nitrogen and oxygen atoms in total. The third-order valence-corrected chi connectivity index (χ3v) is 6.32. The van der Waals surface area contributed by atoms with E-state index in [9.17, 15) is 27.1 Å². The SMILES string of the molecule is Cn1nc(-c2ccc(N3CCC(O)(C(F)(F)F)CC3)nc2)nc1Nc1ccc(-c2cn[nH]c2F)c(F)c1. The predicted molar refractivity (Wildman–Crippen MR) is 124 cm³/mol. The third kappa shape index (κ3) is 4.71. The molecule has 1 aliphatic heterocycles. The van der Waals surface area contributed by atoms with Crippen LogP contribution in [0.4, 0.5) is 39.4 Å². The van der Waals surface area contributed by atoms with Crippen LogP contribution in [0.5, 0.6) is 0 Å². The molecule has 14 heteroatoms. The van der Waals surface area contributed by atoms with Crippen molar-refractivity contribution in [2.75, 3.05) is 23.3 Å². The van der Waals surface area contributed by atoms with E-state index in [1.165, 1.54) is 29.2 Å². The van der Waals surface area contributed by atoms with E-state index in [2.05, 4.69) is 30.6 Å². The number of nitrogens with zero attached hydrogens (tertiary/aromatic N) is 6. The molecule has 1 fully saturated rings. The Kier molecular flexibility index (Phi) is 6.06. The fourth-order valence-corrected chi connectivity index (χ4v) is 4.11. The summed E-state index contributed by atoms with van der Waals surface area (Å²) in [5.41, 5.74) is -1.68. The summed E-state index contributed by atoms with van der Waals surface area (Å²) in [4.78, 5) is 10.4. The first-order chi connectivity index (χ1) is 17.5. The van der Waals surface area contributed by atoms with Crippen LogP contribution in [0.15, 0.2) is 42.7 Å². The lowest BCUT2D eigenvalue weighted by molar-refractivity contribution is -0.266. The Bertz CT molecular complexity index is 1410. The minimum absolute atomic E-state index is 0.0147. The first-order valence-corrected chi connectivity index (χ1v) is 11.2. The highest BCUT2D eigenvalue weighted by Crippen LogP contribution is 2.39. The minimum Gasteiger partial charge on any atom is -0.380 e. The summed E-state index contributed by atoms with van der Waals surface area (Å²) in [5.74, 6) is -0.277. The zero-order valence-corrected chi connectivity index (χ0v) is 19.4. The van der Waals surface area contributed by atoms with Crippen LogP contribution in [-0.4, -0.2) is 59.9 Å². The monoisotopic (exact) mass is 520 g/mol. The molecule has 4 aromatic rings. The number of rotatable bonds is 5. The van der Waals surface area contributed by atoms with Gasteiger partial charge in [-0.3, -0.25) is 5.10 Å². The molecule has 3 aromatic heterocycles. The summed E-state index contributed by atoms with van der Waals surface area (Å²) in [6.07, 6.45) is -2.83. The molecule has 0 spiro atoms. The van der Waals surface area contributed by atoms with Crippen LogP contribution in [0.1, 0.15) is 12.8 Å². The van der Waals surface area contributed by atoms with Gasteiger partial charge in [-0.25, -0.2) is 14.1 Å². The van der Waals surface area contributed by atoms with Gasteiger partial charge in [-0.05, 0) is 30.3 Å². The van der Waals surface area contributed by atoms with E-state index in [0.29, 0.717) is 28.8 Å². The number of anilines is 3. The van der Waals surface area contributed by atoms with Gasteiger partial charge in [-0.1, -0.05) is 0 Å². The second-order valence-electron chi connectivity index (χ2n) is 8.72. The van der Waals surface area contributed by atoms with Gasteiger partial charge in [0, 0.05) is 56.0 Å². The van der Waals surface area contributed by atoms with Crippen LogP contribution in [0.2, 0.25) is 0 Å². The Hall–Kier alpha value is -4.07. The molecule has 1 saturated heterocycles. The molecule has 194 valence electrons. The number of benzene rings is 1. The number of aryl methyl sites for hydroxylation is 1. The molecule has 5 rings (SSSR count). The lowest BCUT2D eigenvalue weighted by atomic mass is 9.91. The number of alkyl halides is 3. The van der Waals surface area contributed by atoms with Crippen molar-refractivity contribution in [1.29, 1.82) is 0 Å². The summed E-state index contributed by atoms with van der Waals surface area (Å²) >= 11 is 0. The van der Waals surface area contributed by atoms with E-state index in [1.54, 1.807) is 30.1 Å². The highest BCUT2D eigenvalue weighted by molar-refractivity contribution is 5.68. The van der Waals surface area contributed by atoms with Crippen molar-refractivity contribution in [2.24, 2.45) is 7.05 Å². The molecule has 4 heterocycles. The van der Waals surface area contributed by atoms with E-state index < -0.39 is 36.4 Å². The molecule has 3 N–H and O–H groups in total. The molecule has 37 heavy (non-hydrogen) atoms. The van der Waals surface area contributed by atoms with E-state index >= 15 is 0 Å². The molecule has 0 atom stereocenters. The first kappa shape index (κ1) is 24.6. The second kappa shape index (κ2) is 9.10. The number of pyridine rings is 1. The van der Waals surface area contributed by atoms with Gasteiger partial charge in [-0.15, -0.1) is 5.10 Å².